The van der Waals surface area contributed by atoms with Gasteiger partial charge in [-0.1, -0.05) is 11.6 Å². The van der Waals surface area contributed by atoms with Crippen LogP contribution in [0.2, 0.25) is 5.02 Å². The molecule has 0 fully saturated rings. The highest BCUT2D eigenvalue weighted by Gasteiger charge is 2.12. The van der Waals surface area contributed by atoms with Crippen LogP contribution in [0, 0.1) is 11.3 Å². The predicted octanol–water partition coefficient (Wildman–Crippen LogP) is 2.26. The van der Waals surface area contributed by atoms with Crippen LogP contribution in [0.15, 0.2) is 42.5 Å². The van der Waals surface area contributed by atoms with Gasteiger partial charge in [0.25, 0.3) is 5.91 Å². The van der Waals surface area contributed by atoms with E-state index in [4.69, 9.17) is 21.6 Å². The summed E-state index contributed by atoms with van der Waals surface area (Å²) in [5, 5.41) is 12.0. The molecule has 1 atom stereocenters. The third-order valence-corrected chi connectivity index (χ3v) is 3.89. The van der Waals surface area contributed by atoms with Gasteiger partial charge in [-0.3, -0.25) is 4.79 Å². The monoisotopic (exact) mass is 358 g/mol. The Hall–Kier alpha value is -2.55. The van der Waals surface area contributed by atoms with E-state index in [1.807, 2.05) is 44.3 Å². The number of benzene rings is 2. The maximum absolute atomic E-state index is 12.2. The fourth-order valence-corrected chi connectivity index (χ4v) is 2.67. The summed E-state index contributed by atoms with van der Waals surface area (Å²) in [6, 6.07) is 14.7. The number of quaternary nitrogens is 1. The van der Waals surface area contributed by atoms with Crippen molar-refractivity contribution in [1.82, 2.24) is 0 Å². The average Bonchev–Trinajstić information content (AvgIpc) is 2.57. The summed E-state index contributed by atoms with van der Waals surface area (Å²) in [6.45, 7) is 3.65. The highest BCUT2D eigenvalue weighted by atomic mass is 35.5. The number of likely N-dealkylation sites (N-methyl/N-ethyl adjacent to an activating group) is 1. The zero-order valence-corrected chi connectivity index (χ0v) is 15.1. The number of halogens is 1. The molecule has 6 heteroatoms. The number of nitrogens with one attached hydrogen (secondary N) is 2. The molecule has 2 aromatic carbocycles. The third-order valence-electron chi connectivity index (χ3n) is 3.58. The Morgan fingerprint density at radius 2 is 2.00 bits per heavy atom. The summed E-state index contributed by atoms with van der Waals surface area (Å²) >= 11 is 5.97. The lowest BCUT2D eigenvalue weighted by Crippen LogP contribution is -3.08. The van der Waals surface area contributed by atoms with Crippen molar-refractivity contribution in [1.29, 1.82) is 5.26 Å². The number of nitriles is 1. The molecule has 5 nitrogen and oxygen atoms in total. The topological polar surface area (TPSA) is 66.6 Å². The molecule has 0 aliphatic heterocycles. The van der Waals surface area contributed by atoms with Crippen LogP contribution < -0.4 is 15.0 Å². The van der Waals surface area contributed by atoms with E-state index in [0.29, 0.717) is 29.4 Å². The predicted molar refractivity (Wildman–Crippen MR) is 97.9 cm³/mol. The maximum Gasteiger partial charge on any atom is 0.279 e. The minimum atomic E-state index is -0.107. The summed E-state index contributed by atoms with van der Waals surface area (Å²) in [5.41, 5.74) is 2.11. The van der Waals surface area contributed by atoms with Crippen molar-refractivity contribution in [2.45, 2.75) is 13.5 Å². The molecule has 2 N–H and O–H groups in total. The highest BCUT2D eigenvalue weighted by molar-refractivity contribution is 6.32. The molecular formula is C19H21ClN3O2+. The largest absolute Gasteiger partial charge is 0.494 e. The van der Waals surface area contributed by atoms with E-state index < -0.39 is 0 Å². The first-order chi connectivity index (χ1) is 12.0. The van der Waals surface area contributed by atoms with E-state index in [2.05, 4.69) is 5.32 Å². The normalized spacial score (nSPS) is 11.4. The van der Waals surface area contributed by atoms with E-state index in [9.17, 15) is 4.79 Å². The van der Waals surface area contributed by atoms with E-state index in [-0.39, 0.29) is 5.91 Å². The quantitative estimate of drug-likeness (QED) is 0.797. The molecule has 1 amide bonds. The van der Waals surface area contributed by atoms with E-state index in [1.165, 1.54) is 0 Å². The number of amides is 1. The molecule has 1 unspecified atom stereocenters. The molecule has 0 aliphatic rings. The summed E-state index contributed by atoms with van der Waals surface area (Å²) in [6.07, 6.45) is 0. The number of ether oxygens (including phenoxy) is 1. The zero-order chi connectivity index (χ0) is 18.2. The van der Waals surface area contributed by atoms with Crippen LogP contribution in [0.3, 0.4) is 0 Å². The number of anilines is 1. The van der Waals surface area contributed by atoms with Gasteiger partial charge in [-0.05, 0) is 49.4 Å². The second-order valence-corrected chi connectivity index (χ2v) is 6.15. The van der Waals surface area contributed by atoms with Gasteiger partial charge in [0.05, 0.1) is 24.2 Å². The molecule has 2 aromatic rings. The summed E-state index contributed by atoms with van der Waals surface area (Å²) in [4.78, 5) is 13.2. The number of rotatable bonds is 7. The Morgan fingerprint density at radius 3 is 2.60 bits per heavy atom. The second-order valence-electron chi connectivity index (χ2n) is 5.74. The van der Waals surface area contributed by atoms with Gasteiger partial charge in [-0.15, -0.1) is 0 Å². The molecule has 130 valence electrons. The summed E-state index contributed by atoms with van der Waals surface area (Å²) < 4.78 is 5.42. The lowest BCUT2D eigenvalue weighted by molar-refractivity contribution is -0.885. The van der Waals surface area contributed by atoms with Crippen LogP contribution in [0.1, 0.15) is 18.1 Å². The molecule has 0 heterocycles. The Balaban J connectivity index is 1.87. The molecule has 2 rings (SSSR count). The fraction of sp³-hybridized carbons (Fsp3) is 0.263. The van der Waals surface area contributed by atoms with Gasteiger partial charge in [-0.25, -0.2) is 0 Å². The Bertz CT molecular complexity index is 769. The van der Waals surface area contributed by atoms with E-state index >= 15 is 0 Å². The standard InChI is InChI=1S/C19H20ClN3O2/c1-3-25-17-8-4-14(5-9-17)12-23(2)13-19(24)22-16-7-6-15(11-21)18(20)10-16/h4-10H,3,12-13H2,1-2H3,(H,22,24)/p+1. The van der Waals surface area contributed by atoms with Crippen molar-refractivity contribution in [2.75, 3.05) is 25.5 Å². The number of carbonyl (C=O) groups is 1. The van der Waals surface area contributed by atoms with Crippen molar-refractivity contribution >= 4 is 23.2 Å². The van der Waals surface area contributed by atoms with Crippen molar-refractivity contribution in [3.63, 3.8) is 0 Å². The number of hydrogen-bond donors (Lipinski definition) is 2. The van der Waals surface area contributed by atoms with Crippen molar-refractivity contribution in [2.24, 2.45) is 0 Å². The zero-order valence-electron chi connectivity index (χ0n) is 14.3. The fourth-order valence-electron chi connectivity index (χ4n) is 2.44. The minimum absolute atomic E-state index is 0.107. The first-order valence-electron chi connectivity index (χ1n) is 8.04. The van der Waals surface area contributed by atoms with Crippen LogP contribution in [-0.4, -0.2) is 26.1 Å². The number of hydrogen-bond acceptors (Lipinski definition) is 3. The number of nitrogens with zero attached hydrogens (tertiary/aromatic N) is 1. The van der Waals surface area contributed by atoms with Crippen LogP contribution in [0.5, 0.6) is 5.75 Å². The van der Waals surface area contributed by atoms with Crippen molar-refractivity contribution in [3.05, 3.63) is 58.6 Å². The van der Waals surface area contributed by atoms with Crippen LogP contribution in [0.4, 0.5) is 5.69 Å². The van der Waals surface area contributed by atoms with Crippen LogP contribution in [-0.2, 0) is 11.3 Å². The Labute approximate surface area is 152 Å². The first kappa shape index (κ1) is 18.8. The van der Waals surface area contributed by atoms with Gasteiger partial charge >= 0.3 is 0 Å². The molecule has 0 aromatic heterocycles. The molecule has 25 heavy (non-hydrogen) atoms. The third kappa shape index (κ3) is 5.79. The number of carbonyl (C=O) groups excluding carboxylic acids is 1. The van der Waals surface area contributed by atoms with E-state index in [0.717, 1.165) is 22.8 Å². The molecule has 0 saturated heterocycles. The molecule has 0 saturated carbocycles. The first-order valence-corrected chi connectivity index (χ1v) is 8.42. The highest BCUT2D eigenvalue weighted by Crippen LogP contribution is 2.20. The SMILES string of the molecule is CCOc1ccc(C[NH+](C)CC(=O)Nc2ccc(C#N)c(Cl)c2)cc1. The molecule has 0 aliphatic carbocycles. The van der Waals surface area contributed by atoms with Gasteiger partial charge in [0.2, 0.25) is 0 Å². The maximum atomic E-state index is 12.2. The van der Waals surface area contributed by atoms with Gasteiger partial charge in [0.15, 0.2) is 6.54 Å². The van der Waals surface area contributed by atoms with Crippen molar-refractivity contribution < 1.29 is 14.4 Å². The van der Waals surface area contributed by atoms with Crippen LogP contribution >= 0.6 is 11.6 Å². The molecular weight excluding hydrogens is 338 g/mol. The van der Waals surface area contributed by atoms with Crippen molar-refractivity contribution in [3.8, 4) is 11.8 Å². The second kappa shape index (κ2) is 9.07. The van der Waals surface area contributed by atoms with E-state index in [1.54, 1.807) is 18.2 Å². The lowest BCUT2D eigenvalue weighted by atomic mass is 10.2. The summed E-state index contributed by atoms with van der Waals surface area (Å²) in [5.74, 6) is 0.739. The minimum Gasteiger partial charge on any atom is -0.494 e. The summed E-state index contributed by atoms with van der Waals surface area (Å²) in [7, 11) is 1.96. The lowest BCUT2D eigenvalue weighted by Gasteiger charge is -2.14. The van der Waals surface area contributed by atoms with Crippen LogP contribution in [0.25, 0.3) is 0 Å². The molecule has 0 spiro atoms. The Kier molecular flexibility index (Phi) is 6.81. The molecule has 0 bridgehead atoms. The van der Waals surface area contributed by atoms with Gasteiger partial charge in [-0.2, -0.15) is 5.26 Å². The Morgan fingerprint density at radius 1 is 1.28 bits per heavy atom. The smallest absolute Gasteiger partial charge is 0.279 e. The average molecular weight is 359 g/mol. The van der Waals surface area contributed by atoms with Gasteiger partial charge in [0.1, 0.15) is 18.4 Å². The molecule has 0 radical (unpaired) electrons. The van der Waals surface area contributed by atoms with Gasteiger partial charge in [0, 0.05) is 11.3 Å². The van der Waals surface area contributed by atoms with Gasteiger partial charge < -0.3 is 15.0 Å².